The number of carboxylic acid groups (broad SMARTS) is 1. The van der Waals surface area contributed by atoms with Crippen LogP contribution in [0.1, 0.15) is 5.69 Å². The third-order valence-electron chi connectivity index (χ3n) is 0.882. The molecule has 0 unspecified atom stereocenters. The van der Waals surface area contributed by atoms with E-state index in [1.165, 1.54) is 0 Å². The molecule has 11 heavy (non-hydrogen) atoms. The van der Waals surface area contributed by atoms with E-state index >= 15 is 0 Å². The number of ether oxygens (including phenoxy) is 1. The molecular weight excluding hydrogens is 168 g/mol. The quantitative estimate of drug-likeness (QED) is 0.702. The molecule has 0 saturated carbocycles. The van der Waals surface area contributed by atoms with Gasteiger partial charge in [0.1, 0.15) is 6.61 Å². The van der Waals surface area contributed by atoms with E-state index in [9.17, 15) is 4.79 Å². The highest BCUT2D eigenvalue weighted by atomic mass is 32.1. The molecule has 0 radical (unpaired) electrons. The average Bonchev–Trinajstić information content (AvgIpc) is 2.39. The molecule has 0 saturated heterocycles. The summed E-state index contributed by atoms with van der Waals surface area (Å²) in [5, 5.41) is 8.18. The summed E-state index contributed by atoms with van der Waals surface area (Å²) in [5.41, 5.74) is 0.663. The van der Waals surface area contributed by atoms with Crippen LogP contribution in [-0.2, 0) is 16.1 Å². The number of rotatable bonds is 4. The van der Waals surface area contributed by atoms with Crippen LogP contribution < -0.4 is 0 Å². The lowest BCUT2D eigenvalue weighted by Crippen LogP contribution is -2.06. The Morgan fingerprint density at radius 3 is 3.18 bits per heavy atom. The summed E-state index contributed by atoms with van der Waals surface area (Å²) in [5.74, 6) is -0.979. The Morgan fingerprint density at radius 2 is 2.64 bits per heavy atom. The Balaban J connectivity index is 2.19. The maximum atomic E-state index is 9.97. The lowest BCUT2D eigenvalue weighted by Gasteiger charge is -1.94. The fourth-order valence-corrected chi connectivity index (χ4v) is 0.911. The van der Waals surface area contributed by atoms with Gasteiger partial charge in [-0.3, -0.25) is 0 Å². The normalized spacial score (nSPS) is 9.82. The van der Waals surface area contributed by atoms with Gasteiger partial charge in [0, 0.05) is 0 Å². The monoisotopic (exact) mass is 174 g/mol. The third kappa shape index (κ3) is 3.06. The van der Waals surface area contributed by atoms with E-state index in [4.69, 9.17) is 9.84 Å². The molecule has 0 aliphatic heterocycles. The van der Waals surface area contributed by atoms with Crippen LogP contribution >= 0.6 is 11.7 Å². The molecule has 1 rings (SSSR count). The van der Waals surface area contributed by atoms with E-state index in [-0.39, 0.29) is 13.2 Å². The Bertz CT molecular complexity index is 224. The van der Waals surface area contributed by atoms with Crippen molar-refractivity contribution in [3.8, 4) is 0 Å². The largest absolute Gasteiger partial charge is 0.480 e. The predicted molar refractivity (Wildman–Crippen MR) is 37.2 cm³/mol. The molecule has 0 atom stereocenters. The first-order valence-corrected chi connectivity index (χ1v) is 3.58. The summed E-state index contributed by atoms with van der Waals surface area (Å²) < 4.78 is 12.3. The van der Waals surface area contributed by atoms with Gasteiger partial charge in [-0.1, -0.05) is 0 Å². The minimum Gasteiger partial charge on any atom is -0.480 e. The van der Waals surface area contributed by atoms with E-state index in [2.05, 4.69) is 8.75 Å². The van der Waals surface area contributed by atoms with Gasteiger partial charge < -0.3 is 9.84 Å². The van der Waals surface area contributed by atoms with Crippen LogP contribution in [0.2, 0.25) is 0 Å². The van der Waals surface area contributed by atoms with Crippen molar-refractivity contribution >= 4 is 17.7 Å². The van der Waals surface area contributed by atoms with Gasteiger partial charge in [-0.2, -0.15) is 8.75 Å². The molecule has 1 N–H and O–H groups in total. The molecule has 6 heteroatoms. The molecule has 0 amide bonds. The van der Waals surface area contributed by atoms with E-state index < -0.39 is 5.97 Å². The van der Waals surface area contributed by atoms with Crippen molar-refractivity contribution in [2.24, 2.45) is 0 Å². The molecule has 0 spiro atoms. The Morgan fingerprint density at radius 1 is 1.82 bits per heavy atom. The first-order valence-electron chi connectivity index (χ1n) is 2.85. The average molecular weight is 174 g/mol. The number of hydrogen-bond donors (Lipinski definition) is 1. The molecule has 0 bridgehead atoms. The van der Waals surface area contributed by atoms with Gasteiger partial charge >= 0.3 is 5.97 Å². The van der Waals surface area contributed by atoms with Crippen molar-refractivity contribution in [2.75, 3.05) is 6.61 Å². The van der Waals surface area contributed by atoms with Crippen LogP contribution in [0.4, 0.5) is 0 Å². The zero-order chi connectivity index (χ0) is 8.10. The Labute approximate surface area is 67.0 Å². The van der Waals surface area contributed by atoms with Crippen LogP contribution in [0.5, 0.6) is 0 Å². The number of hydrogen-bond acceptors (Lipinski definition) is 5. The van der Waals surface area contributed by atoms with E-state index in [1.54, 1.807) is 6.20 Å². The van der Waals surface area contributed by atoms with Crippen molar-refractivity contribution < 1.29 is 14.6 Å². The smallest absolute Gasteiger partial charge is 0.329 e. The fraction of sp³-hybridized carbons (Fsp3) is 0.400. The lowest BCUT2D eigenvalue weighted by atomic mass is 10.5. The maximum absolute atomic E-state index is 9.97. The molecule has 1 aromatic heterocycles. The van der Waals surface area contributed by atoms with Crippen LogP contribution in [0.25, 0.3) is 0 Å². The molecule has 5 nitrogen and oxygen atoms in total. The third-order valence-corrected chi connectivity index (χ3v) is 1.40. The van der Waals surface area contributed by atoms with Crippen molar-refractivity contribution in [3.05, 3.63) is 11.9 Å². The number of aromatic nitrogens is 2. The second-order valence-electron chi connectivity index (χ2n) is 1.79. The van der Waals surface area contributed by atoms with Gasteiger partial charge in [0.05, 0.1) is 30.2 Å². The molecular formula is C5H6N2O3S. The predicted octanol–water partition coefficient (Wildman–Crippen LogP) is 0.139. The number of carbonyl (C=O) groups is 1. The summed E-state index contributed by atoms with van der Waals surface area (Å²) in [6.45, 7) is -0.0830. The van der Waals surface area contributed by atoms with Gasteiger partial charge in [0.25, 0.3) is 0 Å². The van der Waals surface area contributed by atoms with Crippen molar-refractivity contribution in [1.29, 1.82) is 0 Å². The first kappa shape index (κ1) is 8.09. The maximum Gasteiger partial charge on any atom is 0.329 e. The highest BCUT2D eigenvalue weighted by Gasteiger charge is 1.98. The Hall–Kier alpha value is -1.01. The van der Waals surface area contributed by atoms with Crippen molar-refractivity contribution in [2.45, 2.75) is 6.61 Å². The highest BCUT2D eigenvalue weighted by molar-refractivity contribution is 6.99. The number of carboxylic acids is 1. The van der Waals surface area contributed by atoms with Crippen LogP contribution in [0.15, 0.2) is 6.20 Å². The zero-order valence-corrected chi connectivity index (χ0v) is 6.37. The van der Waals surface area contributed by atoms with Gasteiger partial charge in [-0.15, -0.1) is 0 Å². The molecule has 0 aliphatic rings. The zero-order valence-electron chi connectivity index (χ0n) is 5.56. The molecule has 0 aromatic carbocycles. The van der Waals surface area contributed by atoms with Crippen molar-refractivity contribution in [3.63, 3.8) is 0 Å². The van der Waals surface area contributed by atoms with E-state index in [0.717, 1.165) is 11.7 Å². The van der Waals surface area contributed by atoms with Gasteiger partial charge in [-0.05, 0) is 0 Å². The minimum atomic E-state index is -0.979. The standard InChI is InChI=1S/C5H6N2O3S/c8-5(9)3-10-2-4-1-6-11-7-4/h1H,2-3H2,(H,8,9). The topological polar surface area (TPSA) is 72.3 Å². The van der Waals surface area contributed by atoms with Gasteiger partial charge in [-0.25, -0.2) is 4.79 Å². The molecule has 0 fully saturated rings. The highest BCUT2D eigenvalue weighted by Crippen LogP contribution is 1.96. The van der Waals surface area contributed by atoms with Crippen molar-refractivity contribution in [1.82, 2.24) is 8.75 Å². The second kappa shape index (κ2) is 3.99. The fourth-order valence-electron chi connectivity index (χ4n) is 0.491. The molecule has 60 valence electrons. The SMILES string of the molecule is O=C(O)COCc1cnsn1. The summed E-state index contributed by atoms with van der Waals surface area (Å²) >= 11 is 1.07. The number of nitrogens with zero attached hydrogens (tertiary/aromatic N) is 2. The summed E-state index contributed by atoms with van der Waals surface area (Å²) in [4.78, 5) is 9.97. The lowest BCUT2D eigenvalue weighted by molar-refractivity contribution is -0.142. The molecule has 1 aromatic rings. The summed E-state index contributed by atoms with van der Waals surface area (Å²) in [6, 6.07) is 0. The summed E-state index contributed by atoms with van der Waals surface area (Å²) in [7, 11) is 0. The van der Waals surface area contributed by atoms with E-state index in [1.807, 2.05) is 0 Å². The van der Waals surface area contributed by atoms with E-state index in [0.29, 0.717) is 5.69 Å². The van der Waals surface area contributed by atoms with Gasteiger partial charge in [0.15, 0.2) is 0 Å². The van der Waals surface area contributed by atoms with Crippen LogP contribution in [-0.4, -0.2) is 26.4 Å². The van der Waals surface area contributed by atoms with Gasteiger partial charge in [0.2, 0.25) is 0 Å². The first-order chi connectivity index (χ1) is 5.29. The molecule has 0 aliphatic carbocycles. The molecule has 1 heterocycles. The second-order valence-corrected chi connectivity index (χ2v) is 2.34. The minimum absolute atomic E-state index is 0.211. The Kier molecular flexibility index (Phi) is 2.94. The van der Waals surface area contributed by atoms with Crippen LogP contribution in [0.3, 0.4) is 0 Å². The van der Waals surface area contributed by atoms with Crippen LogP contribution in [0, 0.1) is 0 Å². The number of aliphatic carboxylic acids is 1. The summed E-state index contributed by atoms with van der Waals surface area (Å²) in [6.07, 6.45) is 1.55.